The van der Waals surface area contributed by atoms with Gasteiger partial charge < -0.3 is 10.2 Å². The van der Waals surface area contributed by atoms with Crippen molar-refractivity contribution < 1.29 is 24.5 Å². The molecule has 1 rings (SSSR count). The number of aromatic hydroxyl groups is 2. The first-order chi connectivity index (χ1) is 5.65. The quantitative estimate of drug-likeness (QED) is 0.623. The maximum Gasteiger partial charge on any atom is 0.383 e. The van der Waals surface area contributed by atoms with Crippen LogP contribution in [0.2, 0.25) is 0 Å². The Morgan fingerprint density at radius 1 is 1.42 bits per heavy atom. The summed E-state index contributed by atoms with van der Waals surface area (Å²) in [5.41, 5.74) is -0.419. The SMILES string of the molecule is O=C(OF)c1cc(O)ccc1O. The minimum atomic E-state index is -1.34. The van der Waals surface area contributed by atoms with E-state index in [4.69, 9.17) is 10.2 Å². The lowest BCUT2D eigenvalue weighted by Crippen LogP contribution is -1.98. The molecule has 0 spiro atoms. The fraction of sp³-hybridized carbons (Fsp3) is 0. The van der Waals surface area contributed by atoms with Gasteiger partial charge in [0.2, 0.25) is 0 Å². The molecule has 5 heteroatoms. The largest absolute Gasteiger partial charge is 0.508 e. The third kappa shape index (κ3) is 1.45. The van der Waals surface area contributed by atoms with E-state index in [1.165, 1.54) is 0 Å². The Hall–Kier alpha value is -1.78. The maximum atomic E-state index is 11.3. The van der Waals surface area contributed by atoms with Crippen LogP contribution in [0.1, 0.15) is 10.4 Å². The standard InChI is InChI=1S/C7H5FO4/c8-12-7(11)5-3-4(9)1-2-6(5)10/h1-3,9-10H. The predicted octanol–water partition coefficient (Wildman–Crippen LogP) is 1.14. The normalized spacial score (nSPS) is 9.42. The summed E-state index contributed by atoms with van der Waals surface area (Å²) in [6.07, 6.45) is 0. The molecule has 0 saturated heterocycles. The Kier molecular flexibility index (Phi) is 2.14. The number of hydrogen-bond acceptors (Lipinski definition) is 4. The van der Waals surface area contributed by atoms with Gasteiger partial charge in [0.25, 0.3) is 0 Å². The van der Waals surface area contributed by atoms with Crippen LogP contribution in [0.3, 0.4) is 0 Å². The van der Waals surface area contributed by atoms with Gasteiger partial charge in [-0.2, -0.15) is 0 Å². The number of halogens is 1. The summed E-state index contributed by atoms with van der Waals surface area (Å²) < 4.78 is 11.3. The maximum absolute atomic E-state index is 11.3. The molecule has 1 aromatic rings. The molecule has 1 aromatic carbocycles. The van der Waals surface area contributed by atoms with Crippen molar-refractivity contribution in [1.82, 2.24) is 0 Å². The van der Waals surface area contributed by atoms with Gasteiger partial charge in [0, 0.05) is 4.53 Å². The average molecular weight is 172 g/mol. The molecule has 0 aromatic heterocycles. The Bertz CT molecular complexity index is 310. The van der Waals surface area contributed by atoms with E-state index in [2.05, 4.69) is 4.94 Å². The molecule has 0 fully saturated rings. The van der Waals surface area contributed by atoms with E-state index in [-0.39, 0.29) is 5.75 Å². The monoisotopic (exact) mass is 172 g/mol. The number of carbonyl (C=O) groups is 1. The van der Waals surface area contributed by atoms with E-state index in [1.54, 1.807) is 0 Å². The minimum Gasteiger partial charge on any atom is -0.508 e. The van der Waals surface area contributed by atoms with Gasteiger partial charge in [-0.3, -0.25) is 0 Å². The van der Waals surface area contributed by atoms with Crippen LogP contribution in [-0.4, -0.2) is 16.2 Å². The van der Waals surface area contributed by atoms with E-state index in [0.29, 0.717) is 0 Å². The van der Waals surface area contributed by atoms with Crippen molar-refractivity contribution in [2.45, 2.75) is 0 Å². The number of hydrogen-bond donors (Lipinski definition) is 2. The highest BCUT2D eigenvalue weighted by molar-refractivity contribution is 5.92. The van der Waals surface area contributed by atoms with Crippen molar-refractivity contribution in [3.8, 4) is 11.5 Å². The van der Waals surface area contributed by atoms with Crippen molar-refractivity contribution in [2.75, 3.05) is 0 Å². The van der Waals surface area contributed by atoms with Crippen molar-refractivity contribution in [2.24, 2.45) is 0 Å². The van der Waals surface area contributed by atoms with Gasteiger partial charge >= 0.3 is 5.97 Å². The average Bonchev–Trinajstić information content (AvgIpc) is 2.08. The van der Waals surface area contributed by atoms with Gasteiger partial charge in [0.15, 0.2) is 0 Å². The predicted molar refractivity (Wildman–Crippen MR) is 36.3 cm³/mol. The Morgan fingerprint density at radius 2 is 2.08 bits per heavy atom. The molecule has 0 heterocycles. The second-order valence-electron chi connectivity index (χ2n) is 2.07. The first-order valence-electron chi connectivity index (χ1n) is 3.00. The van der Waals surface area contributed by atoms with E-state index >= 15 is 0 Å². The van der Waals surface area contributed by atoms with Gasteiger partial charge in [-0.05, 0) is 18.2 Å². The lowest BCUT2D eigenvalue weighted by molar-refractivity contribution is -0.0790. The molecule has 0 amide bonds. The molecule has 0 atom stereocenters. The van der Waals surface area contributed by atoms with Crippen LogP contribution in [0, 0.1) is 0 Å². The molecule has 0 bridgehead atoms. The smallest absolute Gasteiger partial charge is 0.383 e. The van der Waals surface area contributed by atoms with Gasteiger partial charge in [-0.15, -0.1) is 0 Å². The van der Waals surface area contributed by atoms with E-state index < -0.39 is 17.3 Å². The van der Waals surface area contributed by atoms with Crippen molar-refractivity contribution >= 4 is 5.97 Å². The topological polar surface area (TPSA) is 66.8 Å². The lowest BCUT2D eigenvalue weighted by atomic mass is 10.2. The fourth-order valence-electron chi connectivity index (χ4n) is 0.729. The van der Waals surface area contributed by atoms with Crippen LogP contribution >= 0.6 is 0 Å². The molecule has 12 heavy (non-hydrogen) atoms. The summed E-state index contributed by atoms with van der Waals surface area (Å²) in [5, 5.41) is 17.8. The van der Waals surface area contributed by atoms with Crippen LogP contribution in [0.5, 0.6) is 11.5 Å². The molecule has 0 aliphatic carbocycles. The van der Waals surface area contributed by atoms with Crippen LogP contribution in [-0.2, 0) is 4.94 Å². The number of phenols is 2. The molecule has 2 N–H and O–H groups in total. The Morgan fingerprint density at radius 3 is 2.67 bits per heavy atom. The first kappa shape index (κ1) is 8.32. The third-order valence-electron chi connectivity index (χ3n) is 1.27. The van der Waals surface area contributed by atoms with E-state index in [0.717, 1.165) is 18.2 Å². The number of rotatable bonds is 1. The summed E-state index contributed by atoms with van der Waals surface area (Å²) >= 11 is 0. The highest BCUT2D eigenvalue weighted by Gasteiger charge is 2.13. The molecule has 4 nitrogen and oxygen atoms in total. The van der Waals surface area contributed by atoms with Crippen LogP contribution in [0.15, 0.2) is 18.2 Å². The summed E-state index contributed by atoms with van der Waals surface area (Å²) in [6.45, 7) is 0. The Labute approximate surface area is 66.7 Å². The highest BCUT2D eigenvalue weighted by Crippen LogP contribution is 2.22. The van der Waals surface area contributed by atoms with Gasteiger partial charge in [0.05, 0.1) is 0 Å². The van der Waals surface area contributed by atoms with E-state index in [9.17, 15) is 9.32 Å². The third-order valence-corrected chi connectivity index (χ3v) is 1.27. The van der Waals surface area contributed by atoms with Crippen LogP contribution in [0.25, 0.3) is 0 Å². The molecule has 0 saturated carbocycles. The molecule has 0 aliphatic rings. The first-order valence-corrected chi connectivity index (χ1v) is 3.00. The van der Waals surface area contributed by atoms with Crippen molar-refractivity contribution in [3.05, 3.63) is 23.8 Å². The molecular weight excluding hydrogens is 167 g/mol. The van der Waals surface area contributed by atoms with Crippen LogP contribution in [0.4, 0.5) is 4.53 Å². The number of phenolic OH excluding ortho intramolecular Hbond substituents is 2. The van der Waals surface area contributed by atoms with Gasteiger partial charge in [0.1, 0.15) is 17.1 Å². The fourth-order valence-corrected chi connectivity index (χ4v) is 0.729. The summed E-state index contributed by atoms with van der Waals surface area (Å²) in [7, 11) is 0. The van der Waals surface area contributed by atoms with Gasteiger partial charge in [-0.1, -0.05) is 0 Å². The second kappa shape index (κ2) is 3.08. The van der Waals surface area contributed by atoms with Crippen molar-refractivity contribution in [3.63, 3.8) is 0 Å². The lowest BCUT2D eigenvalue weighted by Gasteiger charge is -1.99. The molecule has 0 unspecified atom stereocenters. The molecule has 64 valence electrons. The van der Waals surface area contributed by atoms with Crippen LogP contribution < -0.4 is 0 Å². The van der Waals surface area contributed by atoms with Gasteiger partial charge in [-0.25, -0.2) is 9.74 Å². The summed E-state index contributed by atoms with van der Waals surface area (Å²) in [4.78, 5) is 13.4. The highest BCUT2D eigenvalue weighted by atomic mass is 19.3. The number of carbonyl (C=O) groups excluding carboxylic acids is 1. The summed E-state index contributed by atoms with van der Waals surface area (Å²) in [6, 6.07) is 3.11. The van der Waals surface area contributed by atoms with Crippen molar-refractivity contribution in [1.29, 1.82) is 0 Å². The minimum absolute atomic E-state index is 0.256. The molecular formula is C7H5FO4. The number of benzene rings is 1. The molecule has 0 aliphatic heterocycles. The summed E-state index contributed by atoms with van der Waals surface area (Å²) in [5.74, 6) is -2.05. The Balaban J connectivity index is 3.13. The zero-order chi connectivity index (χ0) is 9.14. The second-order valence-corrected chi connectivity index (χ2v) is 2.07. The van der Waals surface area contributed by atoms with E-state index in [1.807, 2.05) is 0 Å². The zero-order valence-corrected chi connectivity index (χ0v) is 5.82. The molecule has 0 radical (unpaired) electrons. The zero-order valence-electron chi connectivity index (χ0n) is 5.82.